The largest absolute Gasteiger partial charge is 0.381 e. The van der Waals surface area contributed by atoms with Crippen molar-refractivity contribution in [2.75, 3.05) is 39.5 Å². The van der Waals surface area contributed by atoms with Gasteiger partial charge in [0.2, 0.25) is 11.8 Å². The van der Waals surface area contributed by atoms with Crippen molar-refractivity contribution in [3.05, 3.63) is 25.3 Å². The normalized spacial score (nSPS) is 10.3. The fourth-order valence-electron chi connectivity index (χ4n) is 1.53. The zero-order valence-electron chi connectivity index (χ0n) is 13.4. The molecule has 0 saturated heterocycles. The highest BCUT2D eigenvalue weighted by atomic mass is 16.5. The molecule has 0 aliphatic heterocycles. The van der Waals surface area contributed by atoms with Crippen LogP contribution in [0.25, 0.3) is 0 Å². The van der Waals surface area contributed by atoms with Crippen LogP contribution in [0, 0.1) is 5.92 Å². The molecule has 0 aliphatic rings. The van der Waals surface area contributed by atoms with Gasteiger partial charge in [0.1, 0.15) is 0 Å². The number of hydrogen-bond donors (Lipinski definition) is 2. The van der Waals surface area contributed by atoms with Crippen LogP contribution in [0.2, 0.25) is 0 Å². The van der Waals surface area contributed by atoms with Gasteiger partial charge in [-0.2, -0.15) is 0 Å². The maximum atomic E-state index is 10.9. The highest BCUT2D eigenvalue weighted by Gasteiger charge is 2.03. The van der Waals surface area contributed by atoms with E-state index in [2.05, 4.69) is 30.7 Å². The summed E-state index contributed by atoms with van der Waals surface area (Å²) in [6.07, 6.45) is 4.05. The molecule has 0 aliphatic carbocycles. The van der Waals surface area contributed by atoms with Gasteiger partial charge in [-0.15, -0.1) is 0 Å². The lowest BCUT2D eigenvalue weighted by atomic mass is 10.2. The molecule has 2 amide bonds. The Morgan fingerprint density at radius 3 is 1.73 bits per heavy atom. The summed E-state index contributed by atoms with van der Waals surface area (Å²) >= 11 is 0. The van der Waals surface area contributed by atoms with Crippen LogP contribution in [-0.4, -0.2) is 51.3 Å². The third-order valence-electron chi connectivity index (χ3n) is 2.70. The topological polar surface area (TPSA) is 76.7 Å². The zero-order chi connectivity index (χ0) is 16.6. The molecule has 6 nitrogen and oxygen atoms in total. The van der Waals surface area contributed by atoms with Gasteiger partial charge in [0, 0.05) is 32.2 Å². The van der Waals surface area contributed by atoms with Crippen molar-refractivity contribution in [3.8, 4) is 0 Å². The first-order valence-corrected chi connectivity index (χ1v) is 7.56. The molecule has 0 atom stereocenters. The number of amides is 2. The van der Waals surface area contributed by atoms with Crippen molar-refractivity contribution in [2.24, 2.45) is 5.92 Å². The maximum Gasteiger partial charge on any atom is 0.243 e. The second-order valence-corrected chi connectivity index (χ2v) is 4.95. The minimum atomic E-state index is -0.161. The molecule has 0 aromatic heterocycles. The minimum absolute atomic E-state index is 0.161. The Balaban J connectivity index is 3.30. The molecule has 22 heavy (non-hydrogen) atoms. The van der Waals surface area contributed by atoms with E-state index in [4.69, 9.17) is 9.47 Å². The Kier molecular flexibility index (Phi) is 13.2. The first-order chi connectivity index (χ1) is 10.6. The molecule has 0 heterocycles. The smallest absolute Gasteiger partial charge is 0.243 e. The SMILES string of the molecule is C=CC(=O)NCCCOCC(C)COCCCNC(=O)C=C. The summed E-state index contributed by atoms with van der Waals surface area (Å²) in [6, 6.07) is 0. The van der Waals surface area contributed by atoms with Gasteiger partial charge < -0.3 is 20.1 Å². The Morgan fingerprint density at radius 1 is 0.955 bits per heavy atom. The highest BCUT2D eigenvalue weighted by molar-refractivity contribution is 5.87. The number of ether oxygens (including phenoxy) is 2. The van der Waals surface area contributed by atoms with Crippen molar-refractivity contribution in [3.63, 3.8) is 0 Å². The van der Waals surface area contributed by atoms with Gasteiger partial charge in [-0.25, -0.2) is 0 Å². The van der Waals surface area contributed by atoms with Crippen molar-refractivity contribution >= 4 is 11.8 Å². The summed E-state index contributed by atoms with van der Waals surface area (Å²) in [5, 5.41) is 5.38. The lowest BCUT2D eigenvalue weighted by Crippen LogP contribution is -2.24. The summed E-state index contributed by atoms with van der Waals surface area (Å²) in [4.78, 5) is 21.8. The molecule has 2 N–H and O–H groups in total. The second-order valence-electron chi connectivity index (χ2n) is 4.95. The van der Waals surface area contributed by atoms with Crippen LogP contribution in [0.1, 0.15) is 19.8 Å². The number of carbonyl (C=O) groups is 2. The third-order valence-corrected chi connectivity index (χ3v) is 2.70. The lowest BCUT2D eigenvalue weighted by molar-refractivity contribution is -0.117. The zero-order valence-corrected chi connectivity index (χ0v) is 13.4. The van der Waals surface area contributed by atoms with E-state index in [0.717, 1.165) is 12.8 Å². The summed E-state index contributed by atoms with van der Waals surface area (Å²) in [5.41, 5.74) is 0. The summed E-state index contributed by atoms with van der Waals surface area (Å²) in [5.74, 6) is -0.0115. The van der Waals surface area contributed by atoms with Gasteiger partial charge in [0.05, 0.1) is 13.2 Å². The van der Waals surface area contributed by atoms with Gasteiger partial charge in [-0.3, -0.25) is 9.59 Å². The molecule has 6 heteroatoms. The van der Waals surface area contributed by atoms with Crippen LogP contribution in [-0.2, 0) is 19.1 Å². The lowest BCUT2D eigenvalue weighted by Gasteiger charge is -2.12. The van der Waals surface area contributed by atoms with E-state index in [9.17, 15) is 9.59 Å². The van der Waals surface area contributed by atoms with Gasteiger partial charge in [0.15, 0.2) is 0 Å². The monoisotopic (exact) mass is 312 g/mol. The fourth-order valence-corrected chi connectivity index (χ4v) is 1.53. The number of carbonyl (C=O) groups excluding carboxylic acids is 2. The molecule has 0 spiro atoms. The number of hydrogen-bond acceptors (Lipinski definition) is 4. The van der Waals surface area contributed by atoms with Gasteiger partial charge >= 0.3 is 0 Å². The average Bonchev–Trinajstić information content (AvgIpc) is 2.53. The molecule has 0 aromatic rings. The quantitative estimate of drug-likeness (QED) is 0.371. The summed E-state index contributed by atoms with van der Waals surface area (Å²) in [7, 11) is 0. The Bertz CT molecular complexity index is 313. The number of nitrogens with one attached hydrogen (secondary N) is 2. The van der Waals surface area contributed by atoms with Crippen LogP contribution < -0.4 is 10.6 Å². The van der Waals surface area contributed by atoms with Gasteiger partial charge in [-0.1, -0.05) is 20.1 Å². The minimum Gasteiger partial charge on any atom is -0.381 e. The van der Waals surface area contributed by atoms with Crippen molar-refractivity contribution in [1.82, 2.24) is 10.6 Å². The second kappa shape index (κ2) is 14.3. The Labute approximate surface area is 132 Å². The van der Waals surface area contributed by atoms with Crippen molar-refractivity contribution in [2.45, 2.75) is 19.8 Å². The van der Waals surface area contributed by atoms with E-state index in [1.54, 1.807) is 0 Å². The predicted molar refractivity (Wildman–Crippen MR) is 86.4 cm³/mol. The van der Waals surface area contributed by atoms with Crippen LogP contribution in [0.5, 0.6) is 0 Å². The van der Waals surface area contributed by atoms with Crippen molar-refractivity contribution < 1.29 is 19.1 Å². The summed E-state index contributed by atoms with van der Waals surface area (Å²) < 4.78 is 11.0. The van der Waals surface area contributed by atoms with E-state index >= 15 is 0 Å². The Hall–Kier alpha value is -1.66. The van der Waals surface area contributed by atoms with E-state index in [0.29, 0.717) is 45.4 Å². The standard InChI is InChI=1S/C16H28N2O4/c1-4-15(19)17-8-6-10-21-12-14(3)13-22-11-7-9-18-16(20)5-2/h4-5,14H,1-2,6-13H2,3H3,(H,17,19)(H,18,20). The first kappa shape index (κ1) is 20.3. The first-order valence-electron chi connectivity index (χ1n) is 7.56. The summed E-state index contributed by atoms with van der Waals surface area (Å²) in [6.45, 7) is 12.5. The molecule has 126 valence electrons. The van der Waals surface area contributed by atoms with Crippen LogP contribution >= 0.6 is 0 Å². The van der Waals surface area contributed by atoms with E-state index in [1.807, 2.05) is 0 Å². The van der Waals surface area contributed by atoms with Crippen LogP contribution in [0.15, 0.2) is 25.3 Å². The molecular formula is C16H28N2O4. The molecular weight excluding hydrogens is 284 g/mol. The van der Waals surface area contributed by atoms with Gasteiger partial charge in [0.25, 0.3) is 0 Å². The fraction of sp³-hybridized carbons (Fsp3) is 0.625. The predicted octanol–water partition coefficient (Wildman–Crippen LogP) is 1.04. The molecule has 0 rings (SSSR count). The Morgan fingerprint density at radius 2 is 1.36 bits per heavy atom. The van der Waals surface area contributed by atoms with E-state index in [1.165, 1.54) is 12.2 Å². The van der Waals surface area contributed by atoms with Crippen molar-refractivity contribution in [1.29, 1.82) is 0 Å². The molecule has 0 saturated carbocycles. The van der Waals surface area contributed by atoms with E-state index in [-0.39, 0.29) is 11.8 Å². The molecule has 0 unspecified atom stereocenters. The highest BCUT2D eigenvalue weighted by Crippen LogP contribution is 1.98. The molecule has 0 fully saturated rings. The van der Waals surface area contributed by atoms with Crippen LogP contribution in [0.3, 0.4) is 0 Å². The van der Waals surface area contributed by atoms with Crippen LogP contribution in [0.4, 0.5) is 0 Å². The molecule has 0 aromatic carbocycles. The third kappa shape index (κ3) is 13.3. The average molecular weight is 312 g/mol. The molecule has 0 radical (unpaired) electrons. The number of rotatable bonds is 14. The van der Waals surface area contributed by atoms with Gasteiger partial charge in [-0.05, 0) is 25.0 Å². The maximum absolute atomic E-state index is 10.9. The molecule has 0 bridgehead atoms. The van der Waals surface area contributed by atoms with E-state index < -0.39 is 0 Å².